The maximum atomic E-state index is 12.2. The fourth-order valence-electron chi connectivity index (χ4n) is 1.43. The molecule has 0 aliphatic carbocycles. The highest BCUT2D eigenvalue weighted by Crippen LogP contribution is 2.24. The van der Waals surface area contributed by atoms with E-state index in [0.717, 1.165) is 4.68 Å². The van der Waals surface area contributed by atoms with Gasteiger partial charge >= 0.3 is 6.18 Å². The van der Waals surface area contributed by atoms with E-state index in [-0.39, 0.29) is 23.0 Å². The van der Waals surface area contributed by atoms with Crippen LogP contribution in [0.4, 0.5) is 24.8 Å². The largest absolute Gasteiger partial charge is 0.405 e. The van der Waals surface area contributed by atoms with Crippen molar-refractivity contribution in [3.63, 3.8) is 0 Å². The minimum absolute atomic E-state index is 0.113. The van der Waals surface area contributed by atoms with Crippen LogP contribution in [0, 0.1) is 11.3 Å². The van der Waals surface area contributed by atoms with Crippen molar-refractivity contribution >= 4 is 11.6 Å². The molecule has 0 radical (unpaired) electrons. The minimum atomic E-state index is -4.43. The Balaban J connectivity index is 2.38. The predicted octanol–water partition coefficient (Wildman–Crippen LogP) is 1.09. The molecule has 10 heteroatoms. The maximum absolute atomic E-state index is 12.2. The van der Waals surface area contributed by atoms with Crippen LogP contribution < -0.4 is 11.1 Å². The van der Waals surface area contributed by atoms with Crippen molar-refractivity contribution in [2.45, 2.75) is 6.18 Å². The normalized spacial score (nSPS) is 11.1. The average molecular weight is 283 g/mol. The topological polar surface area (TPSA) is 105 Å². The third-order valence-electron chi connectivity index (χ3n) is 2.26. The van der Waals surface area contributed by atoms with E-state index < -0.39 is 12.7 Å². The number of nitrogen functional groups attached to an aromatic ring is 1. The van der Waals surface area contributed by atoms with E-state index in [1.54, 1.807) is 12.1 Å². The van der Waals surface area contributed by atoms with Crippen LogP contribution in [-0.2, 0) is 0 Å². The second kappa shape index (κ2) is 5.04. The lowest BCUT2D eigenvalue weighted by Gasteiger charge is -2.06. The molecule has 7 nitrogen and oxygen atoms in total. The molecule has 104 valence electrons. The molecule has 0 aliphatic rings. The van der Waals surface area contributed by atoms with Crippen molar-refractivity contribution in [3.8, 4) is 11.9 Å². The van der Waals surface area contributed by atoms with Crippen LogP contribution in [0.1, 0.15) is 5.56 Å². The Kier molecular flexibility index (Phi) is 3.43. The van der Waals surface area contributed by atoms with Gasteiger partial charge in [-0.25, -0.2) is 0 Å². The Bertz CT molecular complexity index is 641. The van der Waals surface area contributed by atoms with E-state index in [9.17, 15) is 13.2 Å². The fraction of sp³-hybridized carbons (Fsp3) is 0.200. The highest BCUT2D eigenvalue weighted by molar-refractivity contribution is 5.65. The number of nitrogens with zero attached hydrogens (tertiary/aromatic N) is 5. The van der Waals surface area contributed by atoms with E-state index in [1.807, 2.05) is 5.32 Å². The molecular weight excluding hydrogens is 275 g/mol. The van der Waals surface area contributed by atoms with Crippen molar-refractivity contribution in [2.24, 2.45) is 0 Å². The van der Waals surface area contributed by atoms with Gasteiger partial charge in [-0.1, -0.05) is 0 Å². The van der Waals surface area contributed by atoms with Gasteiger partial charge in [-0.15, -0.1) is 10.2 Å². The van der Waals surface area contributed by atoms with E-state index in [0.29, 0.717) is 0 Å². The molecule has 0 saturated carbocycles. The molecule has 2 aromatic rings. The Morgan fingerprint density at radius 3 is 2.75 bits per heavy atom. The minimum Gasteiger partial charge on any atom is -0.382 e. The number of nitrogens with one attached hydrogen (secondary N) is 1. The molecular formula is C10H8F3N7. The number of halogens is 3. The van der Waals surface area contributed by atoms with Gasteiger partial charge in [0.2, 0.25) is 0 Å². The van der Waals surface area contributed by atoms with Crippen LogP contribution in [0.15, 0.2) is 18.3 Å². The number of nitrogens with two attached hydrogens (primary N) is 1. The van der Waals surface area contributed by atoms with Gasteiger partial charge in [0.1, 0.15) is 24.0 Å². The van der Waals surface area contributed by atoms with Gasteiger partial charge in [0, 0.05) is 6.20 Å². The lowest BCUT2D eigenvalue weighted by molar-refractivity contribution is -0.115. The Labute approximate surface area is 110 Å². The van der Waals surface area contributed by atoms with Crippen LogP contribution in [0.5, 0.6) is 0 Å². The van der Waals surface area contributed by atoms with Gasteiger partial charge in [-0.3, -0.25) is 0 Å². The summed E-state index contributed by atoms with van der Waals surface area (Å²) in [5.74, 6) is -0.174. The fourth-order valence-corrected chi connectivity index (χ4v) is 1.43. The molecule has 0 amide bonds. The summed E-state index contributed by atoms with van der Waals surface area (Å²) in [6.07, 6.45) is -3.02. The summed E-state index contributed by atoms with van der Waals surface area (Å²) in [4.78, 5) is 0. The summed E-state index contributed by atoms with van der Waals surface area (Å²) in [6.45, 7) is -1.32. The number of anilines is 2. The average Bonchev–Trinajstić information content (AvgIpc) is 2.73. The van der Waals surface area contributed by atoms with Gasteiger partial charge in [0.15, 0.2) is 11.6 Å². The zero-order chi connectivity index (χ0) is 14.8. The van der Waals surface area contributed by atoms with Crippen LogP contribution >= 0.6 is 0 Å². The van der Waals surface area contributed by atoms with Gasteiger partial charge in [-0.05, 0) is 12.1 Å². The SMILES string of the molecule is N#Cc1c(NCC(F)(F)F)nn(-c2cccnn2)c1N. The number of nitriles is 1. The molecule has 0 aliphatic heterocycles. The van der Waals surface area contributed by atoms with Crippen LogP contribution in [0.2, 0.25) is 0 Å². The number of hydrogen-bond acceptors (Lipinski definition) is 6. The molecule has 0 bridgehead atoms. The number of hydrogen-bond donors (Lipinski definition) is 2. The zero-order valence-electron chi connectivity index (χ0n) is 9.89. The van der Waals surface area contributed by atoms with Crippen molar-refractivity contribution in [1.82, 2.24) is 20.0 Å². The molecule has 2 rings (SSSR count). The first-order valence-corrected chi connectivity index (χ1v) is 5.29. The maximum Gasteiger partial charge on any atom is 0.405 e. The summed E-state index contributed by atoms with van der Waals surface area (Å²) in [7, 11) is 0. The first-order chi connectivity index (χ1) is 9.42. The highest BCUT2D eigenvalue weighted by atomic mass is 19.4. The predicted molar refractivity (Wildman–Crippen MR) is 62.8 cm³/mol. The van der Waals surface area contributed by atoms with Gasteiger partial charge in [-0.2, -0.15) is 28.2 Å². The van der Waals surface area contributed by atoms with E-state index in [1.165, 1.54) is 12.3 Å². The van der Waals surface area contributed by atoms with Crippen molar-refractivity contribution < 1.29 is 13.2 Å². The summed E-state index contributed by atoms with van der Waals surface area (Å²) >= 11 is 0. The molecule has 0 fully saturated rings. The molecule has 2 aromatic heterocycles. The molecule has 0 spiro atoms. The van der Waals surface area contributed by atoms with Crippen molar-refractivity contribution in [2.75, 3.05) is 17.6 Å². The quantitative estimate of drug-likeness (QED) is 0.873. The third-order valence-corrected chi connectivity index (χ3v) is 2.26. The second-order valence-corrected chi connectivity index (χ2v) is 3.68. The number of aromatic nitrogens is 4. The molecule has 0 aromatic carbocycles. The third kappa shape index (κ3) is 2.77. The molecule has 2 heterocycles. The summed E-state index contributed by atoms with van der Waals surface area (Å²) in [6, 6.07) is 4.76. The van der Waals surface area contributed by atoms with Crippen LogP contribution in [0.25, 0.3) is 5.82 Å². The van der Waals surface area contributed by atoms with Crippen LogP contribution in [0.3, 0.4) is 0 Å². The Morgan fingerprint density at radius 2 is 2.20 bits per heavy atom. The van der Waals surface area contributed by atoms with Gasteiger partial charge < -0.3 is 11.1 Å². The van der Waals surface area contributed by atoms with Crippen molar-refractivity contribution in [1.29, 1.82) is 5.26 Å². The van der Waals surface area contributed by atoms with E-state index in [4.69, 9.17) is 11.0 Å². The first-order valence-electron chi connectivity index (χ1n) is 5.29. The highest BCUT2D eigenvalue weighted by Gasteiger charge is 2.28. The number of rotatable bonds is 3. The molecule has 0 unspecified atom stereocenters. The molecule has 20 heavy (non-hydrogen) atoms. The monoisotopic (exact) mass is 283 g/mol. The van der Waals surface area contributed by atoms with Gasteiger partial charge in [0.25, 0.3) is 0 Å². The summed E-state index contributed by atoms with van der Waals surface area (Å²) in [5, 5.41) is 22.1. The lowest BCUT2D eigenvalue weighted by atomic mass is 10.3. The van der Waals surface area contributed by atoms with E-state index >= 15 is 0 Å². The zero-order valence-corrected chi connectivity index (χ0v) is 9.89. The second-order valence-electron chi connectivity index (χ2n) is 3.68. The van der Waals surface area contributed by atoms with Crippen LogP contribution in [-0.4, -0.2) is 32.7 Å². The standard InChI is InChI=1S/C10H8F3N7/c11-10(12,13)5-16-9-6(4-14)8(15)20(19-9)7-2-1-3-17-18-7/h1-3H,5,15H2,(H,16,19). The number of alkyl halides is 3. The summed E-state index contributed by atoms with van der Waals surface area (Å²) < 4.78 is 37.6. The molecule has 3 N–H and O–H groups in total. The van der Waals surface area contributed by atoms with Gasteiger partial charge in [0.05, 0.1) is 0 Å². The molecule has 0 atom stereocenters. The lowest BCUT2D eigenvalue weighted by Crippen LogP contribution is -2.22. The molecule has 0 saturated heterocycles. The smallest absolute Gasteiger partial charge is 0.382 e. The van der Waals surface area contributed by atoms with E-state index in [2.05, 4.69) is 15.3 Å². The summed E-state index contributed by atoms with van der Waals surface area (Å²) in [5.41, 5.74) is 5.49. The first kappa shape index (κ1) is 13.6. The Hall–Kier alpha value is -2.83. The van der Waals surface area contributed by atoms with Crippen molar-refractivity contribution in [3.05, 3.63) is 23.9 Å². The Morgan fingerprint density at radius 1 is 1.45 bits per heavy atom.